The number of benzene rings is 1. The summed E-state index contributed by atoms with van der Waals surface area (Å²) in [6.45, 7) is 4.16. The van der Waals surface area contributed by atoms with Crippen molar-refractivity contribution in [3.05, 3.63) is 28.8 Å². The topological polar surface area (TPSA) is 69.6 Å². The van der Waals surface area contributed by atoms with Crippen molar-refractivity contribution in [3.63, 3.8) is 0 Å². The summed E-state index contributed by atoms with van der Waals surface area (Å²) >= 11 is 5.67. The van der Waals surface area contributed by atoms with Gasteiger partial charge in [0.05, 0.1) is 11.7 Å². The molecule has 0 spiro atoms. The monoisotopic (exact) mass is 271 g/mol. The highest BCUT2D eigenvalue weighted by Gasteiger charge is 2.13. The van der Waals surface area contributed by atoms with Gasteiger partial charge in [0.25, 0.3) is 5.91 Å². The molecule has 3 N–H and O–H groups in total. The van der Waals surface area contributed by atoms with E-state index < -0.39 is 12.0 Å². The van der Waals surface area contributed by atoms with Gasteiger partial charge in [-0.25, -0.2) is 0 Å². The van der Waals surface area contributed by atoms with Crippen molar-refractivity contribution in [2.45, 2.75) is 26.4 Å². The molecule has 1 aromatic carbocycles. The van der Waals surface area contributed by atoms with Crippen LogP contribution in [0, 0.1) is 5.92 Å². The SMILES string of the molecule is CC(C)CC(O)CNC(=O)c1ccc(Cl)cc1O. The Morgan fingerprint density at radius 3 is 2.67 bits per heavy atom. The largest absolute Gasteiger partial charge is 0.507 e. The van der Waals surface area contributed by atoms with Gasteiger partial charge < -0.3 is 15.5 Å². The van der Waals surface area contributed by atoms with Gasteiger partial charge in [-0.2, -0.15) is 0 Å². The van der Waals surface area contributed by atoms with E-state index >= 15 is 0 Å². The predicted octanol–water partition coefficient (Wildman–Crippen LogP) is 2.18. The molecule has 1 rings (SSSR count). The highest BCUT2D eigenvalue weighted by Crippen LogP contribution is 2.21. The Morgan fingerprint density at radius 1 is 1.44 bits per heavy atom. The van der Waals surface area contributed by atoms with Crippen LogP contribution in [0.2, 0.25) is 5.02 Å². The quantitative estimate of drug-likeness (QED) is 0.769. The van der Waals surface area contributed by atoms with E-state index in [1.807, 2.05) is 13.8 Å². The number of aliphatic hydroxyl groups is 1. The van der Waals surface area contributed by atoms with Crippen LogP contribution < -0.4 is 5.32 Å². The number of rotatable bonds is 5. The Bertz CT molecular complexity index is 421. The van der Waals surface area contributed by atoms with Crippen molar-refractivity contribution in [1.29, 1.82) is 0 Å². The summed E-state index contributed by atoms with van der Waals surface area (Å²) in [7, 11) is 0. The van der Waals surface area contributed by atoms with E-state index in [9.17, 15) is 15.0 Å². The molecular weight excluding hydrogens is 254 g/mol. The van der Waals surface area contributed by atoms with E-state index in [1.54, 1.807) is 0 Å². The van der Waals surface area contributed by atoms with Crippen molar-refractivity contribution in [3.8, 4) is 5.75 Å². The molecule has 0 radical (unpaired) electrons. The average molecular weight is 272 g/mol. The first-order chi connectivity index (χ1) is 8.40. The first-order valence-corrected chi connectivity index (χ1v) is 6.22. The van der Waals surface area contributed by atoms with Gasteiger partial charge >= 0.3 is 0 Å². The summed E-state index contributed by atoms with van der Waals surface area (Å²) in [5, 5.41) is 22.1. The van der Waals surface area contributed by atoms with Crippen LogP contribution in [0.15, 0.2) is 18.2 Å². The zero-order chi connectivity index (χ0) is 13.7. The van der Waals surface area contributed by atoms with E-state index in [2.05, 4.69) is 5.32 Å². The Balaban J connectivity index is 2.55. The second-order valence-corrected chi connectivity index (χ2v) is 5.09. The van der Waals surface area contributed by atoms with Crippen molar-refractivity contribution in [1.82, 2.24) is 5.32 Å². The van der Waals surface area contributed by atoms with Crippen molar-refractivity contribution < 1.29 is 15.0 Å². The van der Waals surface area contributed by atoms with Crippen LogP contribution in [-0.4, -0.2) is 28.8 Å². The van der Waals surface area contributed by atoms with Gasteiger partial charge in [-0.15, -0.1) is 0 Å². The summed E-state index contributed by atoms with van der Waals surface area (Å²) in [5.74, 6) is -0.230. The Labute approximate surface area is 112 Å². The van der Waals surface area contributed by atoms with Crippen molar-refractivity contribution >= 4 is 17.5 Å². The molecule has 1 unspecified atom stereocenters. The molecule has 5 heteroatoms. The Hall–Kier alpha value is -1.26. The number of halogens is 1. The highest BCUT2D eigenvalue weighted by molar-refractivity contribution is 6.30. The molecule has 0 heterocycles. The molecule has 0 saturated heterocycles. The van der Waals surface area contributed by atoms with Crippen LogP contribution in [0.5, 0.6) is 5.75 Å². The second kappa shape index (κ2) is 6.61. The lowest BCUT2D eigenvalue weighted by Crippen LogP contribution is -2.32. The number of nitrogens with one attached hydrogen (secondary N) is 1. The average Bonchev–Trinajstić information content (AvgIpc) is 2.25. The molecule has 1 amide bonds. The van der Waals surface area contributed by atoms with Crippen LogP contribution in [-0.2, 0) is 0 Å². The van der Waals surface area contributed by atoms with Gasteiger partial charge in [-0.3, -0.25) is 4.79 Å². The van der Waals surface area contributed by atoms with Crippen LogP contribution in [0.25, 0.3) is 0 Å². The normalized spacial score (nSPS) is 12.5. The van der Waals surface area contributed by atoms with E-state index in [1.165, 1.54) is 18.2 Å². The third kappa shape index (κ3) is 4.55. The fourth-order valence-corrected chi connectivity index (χ4v) is 1.80. The summed E-state index contributed by atoms with van der Waals surface area (Å²) in [6.07, 6.45) is 0.0377. The van der Waals surface area contributed by atoms with Crippen LogP contribution in [0.4, 0.5) is 0 Å². The van der Waals surface area contributed by atoms with Crippen molar-refractivity contribution in [2.75, 3.05) is 6.54 Å². The lowest BCUT2D eigenvalue weighted by molar-refractivity contribution is 0.0897. The molecule has 0 saturated carbocycles. The maximum Gasteiger partial charge on any atom is 0.255 e. The zero-order valence-corrected chi connectivity index (χ0v) is 11.2. The number of carbonyl (C=O) groups excluding carboxylic acids is 1. The van der Waals surface area contributed by atoms with Gasteiger partial charge in [0, 0.05) is 11.6 Å². The van der Waals surface area contributed by atoms with Gasteiger partial charge in [-0.1, -0.05) is 25.4 Å². The molecule has 1 atom stereocenters. The van der Waals surface area contributed by atoms with Crippen LogP contribution in [0.1, 0.15) is 30.6 Å². The van der Waals surface area contributed by atoms with Crippen molar-refractivity contribution in [2.24, 2.45) is 5.92 Å². The van der Waals surface area contributed by atoms with E-state index in [4.69, 9.17) is 11.6 Å². The molecule has 4 nitrogen and oxygen atoms in total. The summed E-state index contributed by atoms with van der Waals surface area (Å²) in [6, 6.07) is 4.28. The van der Waals surface area contributed by atoms with Crippen LogP contribution in [0.3, 0.4) is 0 Å². The first-order valence-electron chi connectivity index (χ1n) is 5.85. The lowest BCUT2D eigenvalue weighted by Gasteiger charge is -2.14. The van der Waals surface area contributed by atoms with E-state index in [0.717, 1.165) is 0 Å². The zero-order valence-electron chi connectivity index (χ0n) is 10.5. The number of hydrogen-bond acceptors (Lipinski definition) is 3. The number of hydrogen-bond donors (Lipinski definition) is 3. The molecular formula is C13H18ClNO3. The predicted molar refractivity (Wildman–Crippen MR) is 70.9 cm³/mol. The minimum Gasteiger partial charge on any atom is -0.507 e. The van der Waals surface area contributed by atoms with Crippen LogP contribution >= 0.6 is 11.6 Å². The van der Waals surface area contributed by atoms with E-state index in [0.29, 0.717) is 17.4 Å². The Kier molecular flexibility index (Phi) is 5.44. The molecule has 0 aliphatic rings. The lowest BCUT2D eigenvalue weighted by atomic mass is 10.1. The fourth-order valence-electron chi connectivity index (χ4n) is 1.63. The minimum atomic E-state index is -0.580. The minimum absolute atomic E-state index is 0.149. The third-order valence-electron chi connectivity index (χ3n) is 2.45. The smallest absolute Gasteiger partial charge is 0.255 e. The number of amides is 1. The third-order valence-corrected chi connectivity index (χ3v) is 2.68. The van der Waals surface area contributed by atoms with E-state index in [-0.39, 0.29) is 17.9 Å². The van der Waals surface area contributed by atoms with Gasteiger partial charge in [-0.05, 0) is 30.5 Å². The molecule has 0 aliphatic carbocycles. The first kappa shape index (κ1) is 14.8. The maximum atomic E-state index is 11.7. The summed E-state index contributed by atoms with van der Waals surface area (Å²) in [5.41, 5.74) is 0.149. The number of phenolic OH excluding ortho intramolecular Hbond substituents is 1. The number of phenols is 1. The fraction of sp³-hybridized carbons (Fsp3) is 0.462. The van der Waals surface area contributed by atoms with Gasteiger partial charge in [0.15, 0.2) is 0 Å². The van der Waals surface area contributed by atoms with Gasteiger partial charge in [0.2, 0.25) is 0 Å². The number of carbonyl (C=O) groups is 1. The second-order valence-electron chi connectivity index (χ2n) is 4.65. The Morgan fingerprint density at radius 2 is 2.11 bits per heavy atom. The van der Waals surface area contributed by atoms with Gasteiger partial charge in [0.1, 0.15) is 5.75 Å². The molecule has 100 valence electrons. The molecule has 0 bridgehead atoms. The molecule has 0 fully saturated rings. The maximum absolute atomic E-state index is 11.7. The standard InChI is InChI=1S/C13H18ClNO3/c1-8(2)5-10(16)7-15-13(18)11-4-3-9(14)6-12(11)17/h3-4,6,8,10,16-17H,5,7H2,1-2H3,(H,15,18). The number of aliphatic hydroxyl groups excluding tert-OH is 1. The molecule has 1 aromatic rings. The molecule has 0 aromatic heterocycles. The summed E-state index contributed by atoms with van der Waals surface area (Å²) < 4.78 is 0. The molecule has 0 aliphatic heterocycles. The summed E-state index contributed by atoms with van der Waals surface area (Å²) in [4.78, 5) is 11.7. The highest BCUT2D eigenvalue weighted by atomic mass is 35.5. The number of aromatic hydroxyl groups is 1. The molecule has 18 heavy (non-hydrogen) atoms.